The van der Waals surface area contributed by atoms with Crippen molar-refractivity contribution in [3.05, 3.63) is 63.2 Å². The molecule has 1 unspecified atom stereocenters. The number of anilines is 1. The number of carbonyl (C=O) groups is 3. The van der Waals surface area contributed by atoms with E-state index in [1.54, 1.807) is 26.1 Å². The maximum absolute atomic E-state index is 13.4. The minimum Gasteiger partial charge on any atom is -0.466 e. The topological polar surface area (TPSA) is 66.9 Å². The molecule has 1 aliphatic rings. The fourth-order valence-electron chi connectivity index (χ4n) is 3.30. The Morgan fingerprint density at radius 1 is 1.18 bits per heavy atom. The van der Waals surface area contributed by atoms with Crippen LogP contribution in [0.2, 0.25) is 0 Å². The lowest BCUT2D eigenvalue weighted by atomic mass is 10.0. The highest BCUT2D eigenvalue weighted by Gasteiger charge is 2.35. The summed E-state index contributed by atoms with van der Waals surface area (Å²) in [7, 11) is 1.66. The molecule has 2 aromatic carbocycles. The molecule has 6 nitrogen and oxygen atoms in total. The zero-order chi connectivity index (χ0) is 20.3. The molecule has 3 rings (SSSR count). The van der Waals surface area contributed by atoms with Gasteiger partial charge in [0.2, 0.25) is 5.91 Å². The molecular weight excluding hydrogens is 471 g/mol. The van der Waals surface area contributed by atoms with E-state index >= 15 is 0 Å². The lowest BCUT2D eigenvalue weighted by Gasteiger charge is -2.30. The van der Waals surface area contributed by atoms with Crippen molar-refractivity contribution in [2.24, 2.45) is 0 Å². The predicted octanol–water partition coefficient (Wildman–Crippen LogP) is 3.40. The highest BCUT2D eigenvalue weighted by atomic mass is 127. The van der Waals surface area contributed by atoms with Crippen LogP contribution in [-0.2, 0) is 14.3 Å². The number of carbonyl (C=O) groups excluding carboxylic acids is 3. The number of fused-ring (bicyclic) bond motifs is 1. The minimum atomic E-state index is -0.589. The molecule has 0 spiro atoms. The van der Waals surface area contributed by atoms with Gasteiger partial charge in [0.25, 0.3) is 5.91 Å². The van der Waals surface area contributed by atoms with Gasteiger partial charge in [0.05, 0.1) is 30.3 Å². The zero-order valence-electron chi connectivity index (χ0n) is 15.7. The summed E-state index contributed by atoms with van der Waals surface area (Å²) in [6, 6.07) is 14.1. The van der Waals surface area contributed by atoms with Gasteiger partial charge in [-0.15, -0.1) is 0 Å². The minimum absolute atomic E-state index is 0.0140. The molecule has 7 heteroatoms. The Balaban J connectivity index is 2.07. The van der Waals surface area contributed by atoms with Gasteiger partial charge in [-0.1, -0.05) is 30.3 Å². The Labute approximate surface area is 177 Å². The molecule has 1 atom stereocenters. The Bertz CT molecular complexity index is 901. The predicted molar refractivity (Wildman–Crippen MR) is 114 cm³/mol. The molecule has 0 aromatic heterocycles. The second-order valence-corrected chi connectivity index (χ2v) is 7.73. The molecule has 1 heterocycles. The van der Waals surface area contributed by atoms with Gasteiger partial charge in [0.15, 0.2) is 0 Å². The van der Waals surface area contributed by atoms with E-state index < -0.39 is 12.0 Å². The Morgan fingerprint density at radius 2 is 1.89 bits per heavy atom. The van der Waals surface area contributed by atoms with Crippen LogP contribution in [0.1, 0.15) is 35.3 Å². The number of ether oxygens (including phenoxy) is 1. The number of esters is 1. The van der Waals surface area contributed by atoms with E-state index in [9.17, 15) is 14.4 Å². The van der Waals surface area contributed by atoms with E-state index in [0.717, 1.165) is 9.13 Å². The Morgan fingerprint density at radius 3 is 2.57 bits per heavy atom. The molecule has 2 amide bonds. The molecule has 0 aliphatic carbocycles. The van der Waals surface area contributed by atoms with Gasteiger partial charge in [-0.25, -0.2) is 0 Å². The third kappa shape index (κ3) is 4.19. The third-order valence-corrected chi connectivity index (χ3v) is 5.39. The first-order valence-electron chi connectivity index (χ1n) is 9.00. The smallest absolute Gasteiger partial charge is 0.308 e. The van der Waals surface area contributed by atoms with Crippen LogP contribution in [0, 0.1) is 3.57 Å². The van der Waals surface area contributed by atoms with Gasteiger partial charge < -0.3 is 14.5 Å². The van der Waals surface area contributed by atoms with Crippen LogP contribution < -0.4 is 4.90 Å². The number of amides is 2. The second-order valence-electron chi connectivity index (χ2n) is 6.48. The van der Waals surface area contributed by atoms with Crippen molar-refractivity contribution in [2.75, 3.05) is 25.1 Å². The van der Waals surface area contributed by atoms with Crippen LogP contribution in [0.25, 0.3) is 0 Å². The van der Waals surface area contributed by atoms with Crippen molar-refractivity contribution in [2.45, 2.75) is 19.4 Å². The zero-order valence-corrected chi connectivity index (χ0v) is 17.9. The summed E-state index contributed by atoms with van der Waals surface area (Å²) in [5.41, 5.74) is 1.80. The van der Waals surface area contributed by atoms with E-state index in [0.29, 0.717) is 11.3 Å². The van der Waals surface area contributed by atoms with Crippen molar-refractivity contribution in [3.63, 3.8) is 0 Å². The normalized spacial score (nSPS) is 15.1. The molecule has 146 valence electrons. The first kappa shape index (κ1) is 20.3. The van der Waals surface area contributed by atoms with Crippen LogP contribution in [0.15, 0.2) is 48.5 Å². The van der Waals surface area contributed by atoms with E-state index in [1.807, 2.05) is 36.4 Å². The number of halogens is 1. The highest BCUT2D eigenvalue weighted by molar-refractivity contribution is 14.1. The summed E-state index contributed by atoms with van der Waals surface area (Å²) in [6.07, 6.45) is -0.0140. The van der Waals surface area contributed by atoms with Crippen molar-refractivity contribution in [1.29, 1.82) is 0 Å². The lowest BCUT2D eigenvalue weighted by molar-refractivity contribution is -0.144. The number of hydrogen-bond acceptors (Lipinski definition) is 4. The average Bonchev–Trinajstić information content (AvgIpc) is 2.78. The van der Waals surface area contributed by atoms with Gasteiger partial charge >= 0.3 is 5.97 Å². The van der Waals surface area contributed by atoms with Crippen molar-refractivity contribution < 1.29 is 19.1 Å². The third-order valence-electron chi connectivity index (χ3n) is 4.72. The molecule has 28 heavy (non-hydrogen) atoms. The maximum Gasteiger partial charge on any atom is 0.308 e. The molecule has 0 saturated heterocycles. The summed E-state index contributed by atoms with van der Waals surface area (Å²) in [5.74, 6) is -0.889. The standard InChI is InChI=1S/C21H21IN2O4/c1-3-28-20(26)12-18(14-7-5-4-6-8-14)24-13-19(25)23(2)17-10-9-15(22)11-16(17)21(24)27/h4-11,18H,3,12-13H2,1-2H3. The van der Waals surface area contributed by atoms with E-state index in [-0.39, 0.29) is 31.4 Å². The quantitative estimate of drug-likeness (QED) is 0.474. The van der Waals surface area contributed by atoms with Gasteiger partial charge in [-0.2, -0.15) is 0 Å². The first-order chi connectivity index (χ1) is 13.4. The fourth-order valence-corrected chi connectivity index (χ4v) is 3.79. The van der Waals surface area contributed by atoms with Gasteiger partial charge in [-0.3, -0.25) is 14.4 Å². The summed E-state index contributed by atoms with van der Waals surface area (Å²) < 4.78 is 6.01. The SMILES string of the molecule is CCOC(=O)CC(c1ccccc1)N1CC(=O)N(C)c2ccc(I)cc2C1=O. The maximum atomic E-state index is 13.4. The molecule has 0 fully saturated rings. The van der Waals surface area contributed by atoms with E-state index in [4.69, 9.17) is 4.74 Å². The molecule has 0 radical (unpaired) electrons. The molecule has 1 aliphatic heterocycles. The number of hydrogen-bond donors (Lipinski definition) is 0. The van der Waals surface area contributed by atoms with Gasteiger partial charge in [0.1, 0.15) is 6.54 Å². The number of nitrogens with zero attached hydrogens (tertiary/aromatic N) is 2. The van der Waals surface area contributed by atoms with Crippen molar-refractivity contribution >= 4 is 46.1 Å². The fraction of sp³-hybridized carbons (Fsp3) is 0.286. The average molecular weight is 492 g/mol. The first-order valence-corrected chi connectivity index (χ1v) is 10.1. The molecule has 0 saturated carbocycles. The van der Waals surface area contributed by atoms with E-state index in [2.05, 4.69) is 22.6 Å². The Kier molecular flexibility index (Phi) is 6.33. The number of likely N-dealkylation sites (N-methyl/N-ethyl adjacent to an activating group) is 1. The molecular formula is C21H21IN2O4. The van der Waals surface area contributed by atoms with Crippen molar-refractivity contribution in [1.82, 2.24) is 4.90 Å². The molecule has 2 aromatic rings. The van der Waals surface area contributed by atoms with Crippen LogP contribution in [0.4, 0.5) is 5.69 Å². The molecule has 0 N–H and O–H groups in total. The monoisotopic (exact) mass is 492 g/mol. The number of benzene rings is 2. The summed E-state index contributed by atoms with van der Waals surface area (Å²) in [6.45, 7) is 1.89. The van der Waals surface area contributed by atoms with Gasteiger partial charge in [-0.05, 0) is 53.3 Å². The van der Waals surface area contributed by atoms with E-state index in [1.165, 1.54) is 9.80 Å². The largest absolute Gasteiger partial charge is 0.466 e. The second kappa shape index (κ2) is 8.72. The number of rotatable bonds is 5. The van der Waals surface area contributed by atoms with Crippen molar-refractivity contribution in [3.8, 4) is 0 Å². The van der Waals surface area contributed by atoms with Crippen LogP contribution in [0.5, 0.6) is 0 Å². The van der Waals surface area contributed by atoms with Crippen LogP contribution >= 0.6 is 22.6 Å². The van der Waals surface area contributed by atoms with Crippen LogP contribution in [0.3, 0.4) is 0 Å². The lowest BCUT2D eigenvalue weighted by Crippen LogP contribution is -2.41. The Hall–Kier alpha value is -2.42. The summed E-state index contributed by atoms with van der Waals surface area (Å²) in [4.78, 5) is 41.4. The summed E-state index contributed by atoms with van der Waals surface area (Å²) in [5, 5.41) is 0. The highest BCUT2D eigenvalue weighted by Crippen LogP contribution is 2.32. The summed E-state index contributed by atoms with van der Waals surface area (Å²) >= 11 is 2.14. The van der Waals surface area contributed by atoms with Crippen LogP contribution in [-0.4, -0.2) is 42.9 Å². The molecule has 0 bridgehead atoms. The van der Waals surface area contributed by atoms with Gasteiger partial charge in [0, 0.05) is 10.6 Å².